The van der Waals surface area contributed by atoms with Crippen molar-refractivity contribution < 1.29 is 14.7 Å². The molecule has 5 nitrogen and oxygen atoms in total. The van der Waals surface area contributed by atoms with Crippen LogP contribution in [-0.2, 0) is 6.54 Å². The molecule has 2 unspecified atom stereocenters. The highest BCUT2D eigenvalue weighted by molar-refractivity contribution is 6.30. The number of nitrogens with zero attached hydrogens (tertiary/aromatic N) is 2. The highest BCUT2D eigenvalue weighted by Crippen LogP contribution is 2.22. The van der Waals surface area contributed by atoms with Crippen LogP contribution >= 0.6 is 11.6 Å². The molecule has 0 radical (unpaired) electrons. The Hall–Kier alpha value is -2.37. The van der Waals surface area contributed by atoms with Crippen LogP contribution in [0.2, 0.25) is 5.02 Å². The van der Waals surface area contributed by atoms with Crippen molar-refractivity contribution in [3.8, 4) is 0 Å². The fraction of sp³-hybridized carbons (Fsp3) is 0.333. The smallest absolute Gasteiger partial charge is 0.335 e. The van der Waals surface area contributed by atoms with Gasteiger partial charge in [-0.1, -0.05) is 29.8 Å². The maximum absolute atomic E-state index is 12.8. The molecule has 0 spiro atoms. The first-order valence-corrected chi connectivity index (χ1v) is 9.35. The molecule has 1 heterocycles. The van der Waals surface area contributed by atoms with Crippen molar-refractivity contribution in [1.29, 1.82) is 0 Å². The van der Waals surface area contributed by atoms with E-state index in [1.54, 1.807) is 36.4 Å². The van der Waals surface area contributed by atoms with Gasteiger partial charge in [0.1, 0.15) is 0 Å². The average Bonchev–Trinajstić information content (AvgIpc) is 2.64. The zero-order valence-corrected chi connectivity index (χ0v) is 16.2. The number of carbonyl (C=O) groups excluding carboxylic acids is 1. The quantitative estimate of drug-likeness (QED) is 0.868. The van der Waals surface area contributed by atoms with Crippen molar-refractivity contribution >= 4 is 23.5 Å². The number of hydrogen-bond acceptors (Lipinski definition) is 3. The lowest BCUT2D eigenvalue weighted by molar-refractivity contribution is 0.0269. The lowest BCUT2D eigenvalue weighted by Crippen LogP contribution is -2.57. The second-order valence-electron chi connectivity index (χ2n) is 7.09. The number of aromatic carboxylic acids is 1. The van der Waals surface area contributed by atoms with E-state index in [4.69, 9.17) is 16.7 Å². The molecule has 27 heavy (non-hydrogen) atoms. The second-order valence-corrected chi connectivity index (χ2v) is 7.53. The fourth-order valence-electron chi connectivity index (χ4n) is 3.60. The summed E-state index contributed by atoms with van der Waals surface area (Å²) in [5.41, 5.74) is 1.96. The predicted octanol–water partition coefficient (Wildman–Crippen LogP) is 3.77. The van der Waals surface area contributed by atoms with E-state index in [1.165, 1.54) is 0 Å². The first-order valence-electron chi connectivity index (χ1n) is 8.98. The number of amides is 1. The van der Waals surface area contributed by atoms with E-state index >= 15 is 0 Å². The van der Waals surface area contributed by atoms with E-state index in [0.717, 1.165) is 12.1 Å². The minimum absolute atomic E-state index is 0.00154. The highest BCUT2D eigenvalue weighted by atomic mass is 35.5. The molecule has 0 aromatic heterocycles. The van der Waals surface area contributed by atoms with Gasteiger partial charge < -0.3 is 10.0 Å². The summed E-state index contributed by atoms with van der Waals surface area (Å²) in [4.78, 5) is 28.0. The summed E-state index contributed by atoms with van der Waals surface area (Å²) < 4.78 is 0. The van der Waals surface area contributed by atoms with Gasteiger partial charge in [-0.15, -0.1) is 0 Å². The molecule has 6 heteroatoms. The molecule has 2 atom stereocenters. The molecule has 2 aromatic carbocycles. The van der Waals surface area contributed by atoms with Crippen LogP contribution in [0.3, 0.4) is 0 Å². The van der Waals surface area contributed by atoms with E-state index in [-0.39, 0.29) is 23.6 Å². The Balaban J connectivity index is 1.68. The third kappa shape index (κ3) is 4.49. The fourth-order valence-corrected chi connectivity index (χ4v) is 3.79. The van der Waals surface area contributed by atoms with Gasteiger partial charge in [-0.25, -0.2) is 4.79 Å². The molecule has 1 saturated heterocycles. The van der Waals surface area contributed by atoms with Gasteiger partial charge >= 0.3 is 5.97 Å². The van der Waals surface area contributed by atoms with Gasteiger partial charge in [-0.3, -0.25) is 9.69 Å². The number of benzene rings is 2. The molecule has 1 aliphatic rings. The number of carboxylic acids is 1. The maximum Gasteiger partial charge on any atom is 0.335 e. The number of hydrogen-bond donors (Lipinski definition) is 1. The summed E-state index contributed by atoms with van der Waals surface area (Å²) in [6, 6.07) is 14.4. The molecule has 142 valence electrons. The molecular weight excluding hydrogens is 364 g/mol. The van der Waals surface area contributed by atoms with Crippen LogP contribution in [0.25, 0.3) is 0 Å². The summed E-state index contributed by atoms with van der Waals surface area (Å²) in [7, 11) is 0. The Morgan fingerprint density at radius 1 is 1.04 bits per heavy atom. The monoisotopic (exact) mass is 386 g/mol. The number of piperazine rings is 1. The summed E-state index contributed by atoms with van der Waals surface area (Å²) in [5.74, 6) is -0.918. The maximum atomic E-state index is 12.8. The summed E-state index contributed by atoms with van der Waals surface area (Å²) in [5, 5.41) is 9.58. The van der Waals surface area contributed by atoms with Crippen molar-refractivity contribution in [3.05, 3.63) is 70.2 Å². The SMILES string of the molecule is CC1CN(C(=O)c2cccc(Cl)c2)CC(C)N1Cc1ccc(C(=O)O)cc1. The van der Waals surface area contributed by atoms with Gasteiger partial charge in [0, 0.05) is 42.3 Å². The third-order valence-corrected chi connectivity index (χ3v) is 5.26. The van der Waals surface area contributed by atoms with Crippen LogP contribution in [0.1, 0.15) is 40.1 Å². The summed E-state index contributed by atoms with van der Waals surface area (Å²) >= 11 is 6.01. The molecule has 1 N–H and O–H groups in total. The Morgan fingerprint density at radius 3 is 2.22 bits per heavy atom. The Bertz CT molecular complexity index is 826. The van der Waals surface area contributed by atoms with Gasteiger partial charge in [-0.2, -0.15) is 0 Å². The van der Waals surface area contributed by atoms with Crippen LogP contribution in [-0.4, -0.2) is 52.0 Å². The van der Waals surface area contributed by atoms with E-state index in [0.29, 0.717) is 23.7 Å². The average molecular weight is 387 g/mol. The van der Waals surface area contributed by atoms with Crippen molar-refractivity contribution in [1.82, 2.24) is 9.80 Å². The lowest BCUT2D eigenvalue weighted by Gasteiger charge is -2.44. The lowest BCUT2D eigenvalue weighted by atomic mass is 10.0. The van der Waals surface area contributed by atoms with E-state index in [1.807, 2.05) is 17.0 Å². The van der Waals surface area contributed by atoms with Gasteiger partial charge in [-0.05, 0) is 49.7 Å². The molecule has 0 saturated carbocycles. The van der Waals surface area contributed by atoms with Crippen LogP contribution in [0.4, 0.5) is 0 Å². The molecule has 1 aliphatic heterocycles. The minimum atomic E-state index is -0.920. The van der Waals surface area contributed by atoms with Gasteiger partial charge in [0.2, 0.25) is 0 Å². The molecule has 0 bridgehead atoms. The molecule has 1 amide bonds. The van der Waals surface area contributed by atoms with Crippen molar-refractivity contribution in [2.24, 2.45) is 0 Å². The summed E-state index contributed by atoms with van der Waals surface area (Å²) in [6.45, 7) is 6.23. The van der Waals surface area contributed by atoms with Crippen molar-refractivity contribution in [3.63, 3.8) is 0 Å². The Morgan fingerprint density at radius 2 is 1.67 bits per heavy atom. The van der Waals surface area contributed by atoms with E-state index in [9.17, 15) is 9.59 Å². The minimum Gasteiger partial charge on any atom is -0.478 e. The summed E-state index contributed by atoms with van der Waals surface area (Å²) in [6.07, 6.45) is 0. The van der Waals surface area contributed by atoms with E-state index in [2.05, 4.69) is 18.7 Å². The zero-order valence-electron chi connectivity index (χ0n) is 15.4. The predicted molar refractivity (Wildman–Crippen MR) is 105 cm³/mol. The molecular formula is C21H23ClN2O3. The molecule has 2 aromatic rings. The van der Waals surface area contributed by atoms with Gasteiger partial charge in [0.05, 0.1) is 5.56 Å². The highest BCUT2D eigenvalue weighted by Gasteiger charge is 2.32. The number of halogens is 1. The number of carboxylic acid groups (broad SMARTS) is 1. The standard InChI is InChI=1S/C21H23ClN2O3/c1-14-11-23(20(25)18-4-3-5-19(22)10-18)12-15(2)24(14)13-16-6-8-17(9-7-16)21(26)27/h3-10,14-15H,11-13H2,1-2H3,(H,26,27). The van der Waals surface area contributed by atoms with Crippen LogP contribution in [0, 0.1) is 0 Å². The molecule has 3 rings (SSSR count). The zero-order chi connectivity index (χ0) is 19.6. The molecule has 0 aliphatic carbocycles. The Kier molecular flexibility index (Phi) is 5.82. The first kappa shape index (κ1) is 19.4. The van der Waals surface area contributed by atoms with Crippen LogP contribution in [0.15, 0.2) is 48.5 Å². The molecule has 1 fully saturated rings. The van der Waals surface area contributed by atoms with Gasteiger partial charge in [0.25, 0.3) is 5.91 Å². The Labute approximate surface area is 164 Å². The van der Waals surface area contributed by atoms with Crippen molar-refractivity contribution in [2.75, 3.05) is 13.1 Å². The number of carbonyl (C=O) groups is 2. The normalized spacial score (nSPS) is 20.5. The third-order valence-electron chi connectivity index (χ3n) is 5.03. The van der Waals surface area contributed by atoms with Crippen LogP contribution in [0.5, 0.6) is 0 Å². The largest absolute Gasteiger partial charge is 0.478 e. The van der Waals surface area contributed by atoms with E-state index < -0.39 is 5.97 Å². The topological polar surface area (TPSA) is 60.9 Å². The first-order chi connectivity index (χ1) is 12.8. The van der Waals surface area contributed by atoms with Crippen LogP contribution < -0.4 is 0 Å². The number of rotatable bonds is 4. The van der Waals surface area contributed by atoms with Crippen molar-refractivity contribution in [2.45, 2.75) is 32.5 Å². The second kappa shape index (κ2) is 8.11. The van der Waals surface area contributed by atoms with Gasteiger partial charge in [0.15, 0.2) is 0 Å².